The van der Waals surface area contributed by atoms with E-state index in [0.29, 0.717) is 0 Å². The lowest BCUT2D eigenvalue weighted by Gasteiger charge is -2.40. The molecule has 0 fully saturated rings. The van der Waals surface area contributed by atoms with Crippen LogP contribution in [-0.2, 0) is 21.7 Å². The highest BCUT2D eigenvalue weighted by Crippen LogP contribution is 2.68. The highest BCUT2D eigenvalue weighted by molar-refractivity contribution is 6.22. The van der Waals surface area contributed by atoms with Crippen molar-refractivity contribution in [2.24, 2.45) is 0 Å². The molecule has 0 saturated heterocycles. The number of aromatic nitrogens is 1. The van der Waals surface area contributed by atoms with Gasteiger partial charge in [-0.15, -0.1) is 0 Å². The van der Waals surface area contributed by atoms with Crippen LogP contribution in [0.25, 0.3) is 116 Å². The van der Waals surface area contributed by atoms with Gasteiger partial charge in [0.1, 0.15) is 22.3 Å². The minimum Gasteiger partial charge on any atom is -0.456 e. The van der Waals surface area contributed by atoms with Crippen LogP contribution in [0.4, 0.5) is 17.1 Å². The van der Waals surface area contributed by atoms with Gasteiger partial charge >= 0.3 is 0 Å². The fourth-order valence-corrected chi connectivity index (χ4v) is 21.4. The van der Waals surface area contributed by atoms with E-state index >= 15 is 0 Å². The molecule has 11 aromatic carbocycles. The average molecular weight is 1390 g/mol. The zero-order valence-corrected chi connectivity index (χ0v) is 64.3. The van der Waals surface area contributed by atoms with Crippen molar-refractivity contribution in [3.05, 3.63) is 251 Å². The average Bonchev–Trinajstić information content (AvgIpc) is 1.49. The highest BCUT2D eigenvalue weighted by Gasteiger charge is 2.54. The normalized spacial score (nSPS) is 15.1. The zero-order valence-electron chi connectivity index (χ0n) is 64.3. The molecule has 0 saturated carbocycles. The number of rotatable bonds is 28. The van der Waals surface area contributed by atoms with Gasteiger partial charge in [-0.1, -0.05) is 311 Å². The summed E-state index contributed by atoms with van der Waals surface area (Å²) in [6.45, 7) is 19.4. The van der Waals surface area contributed by atoms with Gasteiger partial charge in [0.15, 0.2) is 0 Å². The molecule has 0 aliphatic heterocycles. The van der Waals surface area contributed by atoms with Gasteiger partial charge in [-0.25, -0.2) is 0 Å². The van der Waals surface area contributed by atoms with Gasteiger partial charge in [0.05, 0.1) is 16.7 Å². The zero-order chi connectivity index (χ0) is 72.1. The van der Waals surface area contributed by atoms with Gasteiger partial charge in [-0.3, -0.25) is 0 Å². The Morgan fingerprint density at radius 2 is 0.811 bits per heavy atom. The minimum absolute atomic E-state index is 0.178. The topological polar surface area (TPSA) is 34.5 Å². The fourth-order valence-electron chi connectivity index (χ4n) is 21.4. The Morgan fingerprint density at radius 1 is 0.321 bits per heavy atom. The molecule has 18 rings (SSSR count). The number of furan rings is 2. The number of benzene rings is 11. The molecule has 106 heavy (non-hydrogen) atoms. The molecule has 0 amide bonds. The molecule has 0 bridgehead atoms. The molecule has 536 valence electrons. The Kier molecular flexibility index (Phi) is 17.7. The molecular weight excluding hydrogens is 1290 g/mol. The van der Waals surface area contributed by atoms with Crippen molar-refractivity contribution in [1.82, 2.24) is 4.57 Å². The van der Waals surface area contributed by atoms with Crippen LogP contribution in [0.1, 0.15) is 254 Å². The summed E-state index contributed by atoms with van der Waals surface area (Å²) in [6.07, 6.45) is 29.5. The van der Waals surface area contributed by atoms with E-state index in [-0.39, 0.29) is 21.7 Å². The van der Waals surface area contributed by atoms with Crippen LogP contribution >= 0.6 is 0 Å². The monoisotopic (exact) mass is 1390 g/mol. The van der Waals surface area contributed by atoms with Gasteiger partial charge in [0.2, 0.25) is 0 Å². The lowest BCUT2D eigenvalue weighted by molar-refractivity contribution is 0.369. The van der Waals surface area contributed by atoms with Crippen molar-refractivity contribution in [3.8, 4) is 50.2 Å². The Morgan fingerprint density at radius 3 is 1.47 bits per heavy atom. The summed E-state index contributed by atoms with van der Waals surface area (Å²) in [5, 5.41) is 7.49. The number of hydrogen-bond acceptors (Lipinski definition) is 3. The summed E-state index contributed by atoms with van der Waals surface area (Å²) in [4.78, 5) is 2.72. The van der Waals surface area contributed by atoms with Crippen LogP contribution in [0.2, 0.25) is 0 Å². The largest absolute Gasteiger partial charge is 0.456 e. The third kappa shape index (κ3) is 10.6. The number of nitrogens with zero attached hydrogens (tertiary/aromatic N) is 2. The summed E-state index contributed by atoms with van der Waals surface area (Å²) in [7, 11) is 0. The second-order valence-electron chi connectivity index (χ2n) is 33.5. The molecule has 0 N–H and O–H groups in total. The van der Waals surface area contributed by atoms with Gasteiger partial charge < -0.3 is 18.3 Å². The molecule has 0 radical (unpaired) electrons. The first-order chi connectivity index (χ1) is 52.0. The van der Waals surface area contributed by atoms with Crippen molar-refractivity contribution in [3.63, 3.8) is 0 Å². The Balaban J connectivity index is 0.905. The van der Waals surface area contributed by atoms with Gasteiger partial charge in [-0.05, 0) is 188 Å². The standard InChI is InChI=1S/C102H106N2O2/c1-9-13-17-21-36-59-101(60-37-22-18-14-10-2)79-48-32-28-44-73(79)94-96(101)95-92(93-76-46-31-35-52-88(76)106-98(93)94)74-56-54-69(64-84(74)102(95,61-38-23-19-15-11-3)62-39-24-20-16-12-4)103(86-50-40-47-72-71-43-29-33-49-85(71)104(97(72)86)67-41-26-25-27-42-67)68-53-55-70-77-65-83-78(66-82(77)100(7,8)81(70)63-68)90-80(99(83,5)6)57-58-89-91(90)75-45-30-34-51-87(75)105-89/h25-35,40-58,63-66H,9-24,36-39,59-62H2,1-8H3. The van der Waals surface area contributed by atoms with E-state index in [1.807, 2.05) is 0 Å². The fraction of sp³-hybridized carbons (Fsp3) is 0.353. The van der Waals surface area contributed by atoms with E-state index in [1.165, 1.54) is 261 Å². The van der Waals surface area contributed by atoms with Gasteiger partial charge in [0, 0.05) is 76.6 Å². The number of fused-ring (bicyclic) bond motifs is 25. The van der Waals surface area contributed by atoms with Gasteiger partial charge in [-0.2, -0.15) is 0 Å². The molecule has 0 unspecified atom stereocenters. The van der Waals surface area contributed by atoms with E-state index in [9.17, 15) is 0 Å². The minimum atomic E-state index is -0.342. The summed E-state index contributed by atoms with van der Waals surface area (Å²) >= 11 is 0. The lowest BCUT2D eigenvalue weighted by Crippen LogP contribution is -2.33. The van der Waals surface area contributed by atoms with Crippen molar-refractivity contribution in [1.29, 1.82) is 0 Å². The maximum atomic E-state index is 7.65. The molecule has 4 aliphatic rings. The predicted molar refractivity (Wildman–Crippen MR) is 451 cm³/mol. The van der Waals surface area contributed by atoms with E-state index in [0.717, 1.165) is 53.7 Å². The molecule has 3 heterocycles. The van der Waals surface area contributed by atoms with Crippen LogP contribution in [0, 0.1) is 0 Å². The molecule has 4 heteroatoms. The molecule has 4 nitrogen and oxygen atoms in total. The van der Waals surface area contributed by atoms with E-state index in [2.05, 4.69) is 271 Å². The van der Waals surface area contributed by atoms with Crippen LogP contribution in [0.3, 0.4) is 0 Å². The Bertz CT molecular complexity index is 5680. The molecule has 0 atom stereocenters. The number of anilines is 3. The smallest absolute Gasteiger partial charge is 0.144 e. The highest BCUT2D eigenvalue weighted by atomic mass is 16.3. The van der Waals surface area contributed by atoms with Crippen molar-refractivity contribution in [2.45, 2.75) is 231 Å². The van der Waals surface area contributed by atoms with Crippen LogP contribution in [0.5, 0.6) is 0 Å². The first-order valence-corrected chi connectivity index (χ1v) is 41.4. The second-order valence-corrected chi connectivity index (χ2v) is 33.5. The van der Waals surface area contributed by atoms with Crippen molar-refractivity contribution < 1.29 is 8.83 Å². The SMILES string of the molecule is CCCCCCCC1(CCCCCCC)c2ccccc2-c2c1c1c(c3c2oc2ccccc23)-c2ccc(N(c3ccc4c(c3)C(C)(C)c3cc5c(cc3-4)C(C)(C)c3ccc4oc6ccccc6c4c3-5)c3cccc4c5ccccc5n(-c5ccccc5)c34)cc2C1(CCCCCCC)CCCCCCC. The van der Waals surface area contributed by atoms with E-state index < -0.39 is 0 Å². The lowest BCUT2D eigenvalue weighted by atomic mass is 9.62. The van der Waals surface area contributed by atoms with Gasteiger partial charge in [0.25, 0.3) is 0 Å². The van der Waals surface area contributed by atoms with Crippen LogP contribution in [-0.4, -0.2) is 4.57 Å². The van der Waals surface area contributed by atoms with Crippen LogP contribution < -0.4 is 4.90 Å². The number of unbranched alkanes of at least 4 members (excludes halogenated alkanes) is 16. The first-order valence-electron chi connectivity index (χ1n) is 41.4. The van der Waals surface area contributed by atoms with E-state index in [4.69, 9.17) is 8.83 Å². The Labute approximate surface area is 629 Å². The molecule has 4 aliphatic carbocycles. The summed E-state index contributed by atoms with van der Waals surface area (Å²) in [5.41, 5.74) is 33.0. The molecule has 3 aromatic heterocycles. The summed E-state index contributed by atoms with van der Waals surface area (Å²) < 4.78 is 16.9. The Hall–Kier alpha value is -9.38. The van der Waals surface area contributed by atoms with Crippen molar-refractivity contribution >= 4 is 82.7 Å². The quantitative estimate of drug-likeness (QED) is 0.0458. The van der Waals surface area contributed by atoms with Crippen LogP contribution in [0.15, 0.2) is 215 Å². The first kappa shape index (κ1) is 68.4. The molecular formula is C102H106N2O2. The predicted octanol–water partition coefficient (Wildman–Crippen LogP) is 30.6. The number of para-hydroxylation sites is 5. The maximum absolute atomic E-state index is 7.65. The van der Waals surface area contributed by atoms with Crippen molar-refractivity contribution in [2.75, 3.05) is 4.90 Å². The summed E-state index contributed by atoms with van der Waals surface area (Å²) in [5.74, 6) is 0. The summed E-state index contributed by atoms with van der Waals surface area (Å²) in [6, 6.07) is 80.4. The molecule has 0 spiro atoms. The van der Waals surface area contributed by atoms with E-state index in [1.54, 1.807) is 16.7 Å². The number of hydrogen-bond donors (Lipinski definition) is 0. The molecule has 14 aromatic rings. The second kappa shape index (κ2) is 27.4. The third-order valence-corrected chi connectivity index (χ3v) is 26.5. The maximum Gasteiger partial charge on any atom is 0.144 e. The third-order valence-electron chi connectivity index (χ3n) is 26.5.